The van der Waals surface area contributed by atoms with Crippen molar-refractivity contribution >= 4 is 22.6 Å². The van der Waals surface area contributed by atoms with Gasteiger partial charge in [-0.3, -0.25) is 0 Å². The maximum atomic E-state index is 13.3. The molecule has 2 aromatic carbocycles. The fraction of sp³-hybridized carbons (Fsp3) is 0.188. The molecule has 0 fully saturated rings. The van der Waals surface area contributed by atoms with Gasteiger partial charge >= 0.3 is 0 Å². The summed E-state index contributed by atoms with van der Waals surface area (Å²) in [7, 11) is 0. The summed E-state index contributed by atoms with van der Waals surface area (Å²) in [6.07, 6.45) is 0.657. The largest absolute Gasteiger partial charge is 0.327 e. The van der Waals surface area contributed by atoms with E-state index in [0.29, 0.717) is 24.3 Å². The van der Waals surface area contributed by atoms with Crippen molar-refractivity contribution in [2.24, 2.45) is 0 Å². The van der Waals surface area contributed by atoms with Crippen molar-refractivity contribution in [3.05, 3.63) is 65.5 Å². The van der Waals surface area contributed by atoms with Crippen molar-refractivity contribution in [2.45, 2.75) is 18.8 Å². The molecular formula is C16H13ClF2N2. The van der Waals surface area contributed by atoms with Crippen LogP contribution in [-0.2, 0) is 18.8 Å². The summed E-state index contributed by atoms with van der Waals surface area (Å²) < 4.78 is 28.4. The van der Waals surface area contributed by atoms with Crippen molar-refractivity contribution in [1.29, 1.82) is 0 Å². The number of aromatic nitrogens is 2. The summed E-state index contributed by atoms with van der Waals surface area (Å²) in [6.45, 7) is 0.619. The monoisotopic (exact) mass is 306 g/mol. The molecule has 0 saturated carbocycles. The highest BCUT2D eigenvalue weighted by Crippen LogP contribution is 2.19. The van der Waals surface area contributed by atoms with Crippen LogP contribution in [0.4, 0.5) is 8.78 Å². The van der Waals surface area contributed by atoms with Gasteiger partial charge in [0.2, 0.25) is 0 Å². The molecule has 3 rings (SSSR count). The molecule has 0 atom stereocenters. The first-order chi connectivity index (χ1) is 10.2. The summed E-state index contributed by atoms with van der Waals surface area (Å²) in [5.74, 6) is 0.370. The summed E-state index contributed by atoms with van der Waals surface area (Å²) in [6, 6.07) is 11.0. The minimum Gasteiger partial charge on any atom is -0.327 e. The van der Waals surface area contributed by atoms with Crippen LogP contribution in [0.5, 0.6) is 0 Å². The van der Waals surface area contributed by atoms with E-state index in [2.05, 4.69) is 4.98 Å². The van der Waals surface area contributed by atoms with Gasteiger partial charge in [-0.25, -0.2) is 13.8 Å². The van der Waals surface area contributed by atoms with Gasteiger partial charge in [-0.2, -0.15) is 0 Å². The van der Waals surface area contributed by atoms with Crippen molar-refractivity contribution in [1.82, 2.24) is 9.55 Å². The summed E-state index contributed by atoms with van der Waals surface area (Å²) in [5, 5.41) is 0. The van der Waals surface area contributed by atoms with E-state index >= 15 is 0 Å². The van der Waals surface area contributed by atoms with E-state index in [1.54, 1.807) is 12.1 Å². The molecule has 3 aromatic rings. The second-order valence-electron chi connectivity index (χ2n) is 4.83. The number of halogens is 3. The third-order valence-corrected chi connectivity index (χ3v) is 3.66. The second kappa shape index (κ2) is 5.82. The lowest BCUT2D eigenvalue weighted by molar-refractivity contribution is 0.621. The molecule has 0 bridgehead atoms. The van der Waals surface area contributed by atoms with E-state index in [4.69, 9.17) is 11.6 Å². The van der Waals surface area contributed by atoms with Crippen molar-refractivity contribution in [2.75, 3.05) is 0 Å². The van der Waals surface area contributed by atoms with Gasteiger partial charge in [0.15, 0.2) is 0 Å². The average Bonchev–Trinajstić information content (AvgIpc) is 2.82. The highest BCUT2D eigenvalue weighted by Gasteiger charge is 2.10. The molecule has 0 radical (unpaired) electrons. The van der Waals surface area contributed by atoms with Gasteiger partial charge in [0.05, 0.1) is 16.9 Å². The van der Waals surface area contributed by atoms with Crippen LogP contribution in [0.15, 0.2) is 42.5 Å². The Morgan fingerprint density at radius 3 is 2.62 bits per heavy atom. The Morgan fingerprint density at radius 1 is 1.05 bits per heavy atom. The van der Waals surface area contributed by atoms with Gasteiger partial charge in [0.1, 0.15) is 17.5 Å². The number of benzene rings is 2. The summed E-state index contributed by atoms with van der Waals surface area (Å²) in [5.41, 5.74) is 2.33. The molecule has 108 valence electrons. The van der Waals surface area contributed by atoms with Crippen LogP contribution in [0.3, 0.4) is 0 Å². The summed E-state index contributed by atoms with van der Waals surface area (Å²) in [4.78, 5) is 4.34. The predicted octanol–water partition coefficient (Wildman–Crippen LogP) is 4.30. The molecule has 0 amide bonds. The maximum absolute atomic E-state index is 13.3. The average molecular weight is 307 g/mol. The SMILES string of the molecule is Fc1cccc(CCn2c(CCl)nc3cc(F)ccc32)c1. The third-order valence-electron chi connectivity index (χ3n) is 3.42. The van der Waals surface area contributed by atoms with Crippen LogP contribution in [0.1, 0.15) is 11.4 Å². The number of fused-ring (bicyclic) bond motifs is 1. The van der Waals surface area contributed by atoms with Gasteiger partial charge in [-0.1, -0.05) is 12.1 Å². The number of nitrogens with zero attached hydrogens (tertiary/aromatic N) is 2. The molecule has 0 aliphatic rings. The molecule has 0 saturated heterocycles. The van der Waals surface area contributed by atoms with Crippen LogP contribution < -0.4 is 0 Å². The van der Waals surface area contributed by atoms with Crippen molar-refractivity contribution in [3.63, 3.8) is 0 Å². The zero-order chi connectivity index (χ0) is 14.8. The number of hydrogen-bond donors (Lipinski definition) is 0. The molecule has 5 heteroatoms. The fourth-order valence-corrected chi connectivity index (χ4v) is 2.64. The van der Waals surface area contributed by atoms with Gasteiger partial charge < -0.3 is 4.57 Å². The fourth-order valence-electron chi connectivity index (χ4n) is 2.44. The summed E-state index contributed by atoms with van der Waals surface area (Å²) >= 11 is 5.91. The lowest BCUT2D eigenvalue weighted by atomic mass is 10.1. The number of rotatable bonds is 4. The van der Waals surface area contributed by atoms with Crippen molar-refractivity contribution < 1.29 is 8.78 Å². The zero-order valence-corrected chi connectivity index (χ0v) is 11.9. The second-order valence-corrected chi connectivity index (χ2v) is 5.09. The molecule has 0 aliphatic heterocycles. The lowest BCUT2D eigenvalue weighted by Crippen LogP contribution is -2.05. The van der Waals surface area contributed by atoms with Crippen molar-refractivity contribution in [3.8, 4) is 0 Å². The molecule has 0 aliphatic carbocycles. The van der Waals surface area contributed by atoms with E-state index in [1.165, 1.54) is 24.3 Å². The zero-order valence-electron chi connectivity index (χ0n) is 11.2. The molecule has 0 spiro atoms. The first kappa shape index (κ1) is 14.0. The quantitative estimate of drug-likeness (QED) is 0.657. The number of imidazole rings is 1. The van der Waals surface area contributed by atoms with Crippen LogP contribution in [-0.4, -0.2) is 9.55 Å². The van der Waals surface area contributed by atoms with E-state index in [1.807, 2.05) is 10.6 Å². The Morgan fingerprint density at radius 2 is 1.86 bits per heavy atom. The molecule has 2 nitrogen and oxygen atoms in total. The molecule has 0 N–H and O–H groups in total. The highest BCUT2D eigenvalue weighted by molar-refractivity contribution is 6.16. The van der Waals surface area contributed by atoms with E-state index < -0.39 is 0 Å². The van der Waals surface area contributed by atoms with Gasteiger partial charge in [0.25, 0.3) is 0 Å². The Balaban J connectivity index is 1.92. The first-order valence-electron chi connectivity index (χ1n) is 6.62. The van der Waals surface area contributed by atoms with Crippen LogP contribution in [0.2, 0.25) is 0 Å². The Bertz CT molecular complexity index is 783. The van der Waals surface area contributed by atoms with Crippen LogP contribution >= 0.6 is 11.6 Å². The Hall–Kier alpha value is -1.94. The lowest BCUT2D eigenvalue weighted by Gasteiger charge is -2.08. The smallest absolute Gasteiger partial charge is 0.125 e. The van der Waals surface area contributed by atoms with E-state index in [0.717, 1.165) is 11.1 Å². The predicted molar refractivity (Wildman–Crippen MR) is 79.4 cm³/mol. The topological polar surface area (TPSA) is 17.8 Å². The molecule has 21 heavy (non-hydrogen) atoms. The van der Waals surface area contributed by atoms with Gasteiger partial charge in [-0.15, -0.1) is 11.6 Å². The standard InChI is InChI=1S/C16H13ClF2N2/c17-10-16-20-14-9-13(19)4-5-15(14)21(16)7-6-11-2-1-3-12(18)8-11/h1-5,8-9H,6-7,10H2. The molecule has 1 aromatic heterocycles. The Labute approximate surface area is 126 Å². The van der Waals surface area contributed by atoms with Gasteiger partial charge in [0, 0.05) is 12.6 Å². The van der Waals surface area contributed by atoms with Crippen LogP contribution in [0, 0.1) is 11.6 Å². The Kier molecular flexibility index (Phi) is 3.88. The van der Waals surface area contributed by atoms with E-state index in [-0.39, 0.29) is 17.5 Å². The third kappa shape index (κ3) is 2.90. The van der Waals surface area contributed by atoms with Crippen LogP contribution in [0.25, 0.3) is 11.0 Å². The molecule has 1 heterocycles. The normalized spacial score (nSPS) is 11.2. The van der Waals surface area contributed by atoms with Gasteiger partial charge in [-0.05, 0) is 36.2 Å². The maximum Gasteiger partial charge on any atom is 0.125 e. The number of alkyl halides is 1. The minimum atomic E-state index is -0.321. The number of aryl methyl sites for hydroxylation is 2. The highest BCUT2D eigenvalue weighted by atomic mass is 35.5. The molecular weight excluding hydrogens is 294 g/mol. The molecule has 0 unspecified atom stereocenters. The first-order valence-corrected chi connectivity index (χ1v) is 7.16. The minimum absolute atomic E-state index is 0.248. The van der Waals surface area contributed by atoms with E-state index in [9.17, 15) is 8.78 Å². The number of hydrogen-bond acceptors (Lipinski definition) is 1.